The zero-order valence-corrected chi connectivity index (χ0v) is 10.6. The van der Waals surface area contributed by atoms with Crippen molar-refractivity contribution >= 4 is 29.0 Å². The van der Waals surface area contributed by atoms with Crippen LogP contribution < -0.4 is 4.74 Å². The summed E-state index contributed by atoms with van der Waals surface area (Å²) in [6.45, 7) is 2.52. The van der Waals surface area contributed by atoms with Crippen molar-refractivity contribution in [3.63, 3.8) is 0 Å². The van der Waals surface area contributed by atoms with Gasteiger partial charge in [0.2, 0.25) is 0 Å². The molecule has 0 fully saturated rings. The van der Waals surface area contributed by atoms with Crippen LogP contribution in [-0.2, 0) is 0 Å². The summed E-state index contributed by atoms with van der Waals surface area (Å²) >= 11 is 11.4. The zero-order chi connectivity index (χ0) is 12.0. The SMILES string of the molecule is CCOc1ccc(C(=O)C(Cl)CCCl)cc1. The molecular formula is C12H14Cl2O2. The maximum absolute atomic E-state index is 11.8. The Labute approximate surface area is 106 Å². The molecule has 16 heavy (non-hydrogen) atoms. The van der Waals surface area contributed by atoms with Crippen LogP contribution in [0.2, 0.25) is 0 Å². The van der Waals surface area contributed by atoms with E-state index < -0.39 is 5.38 Å². The topological polar surface area (TPSA) is 26.3 Å². The minimum atomic E-state index is -0.546. The van der Waals surface area contributed by atoms with Crippen LogP contribution in [0.5, 0.6) is 5.75 Å². The van der Waals surface area contributed by atoms with Gasteiger partial charge in [-0.2, -0.15) is 0 Å². The molecular weight excluding hydrogens is 247 g/mol. The lowest BCUT2D eigenvalue weighted by Gasteiger charge is -2.07. The number of carbonyl (C=O) groups excluding carboxylic acids is 1. The van der Waals surface area contributed by atoms with Crippen LogP contribution in [0.15, 0.2) is 24.3 Å². The van der Waals surface area contributed by atoms with E-state index >= 15 is 0 Å². The van der Waals surface area contributed by atoms with E-state index in [1.165, 1.54) is 0 Å². The van der Waals surface area contributed by atoms with Crippen LogP contribution in [0.1, 0.15) is 23.7 Å². The third-order valence-corrected chi connectivity index (χ3v) is 2.73. The summed E-state index contributed by atoms with van der Waals surface area (Å²) in [6, 6.07) is 6.97. The molecule has 4 heteroatoms. The van der Waals surface area contributed by atoms with Gasteiger partial charge < -0.3 is 4.74 Å². The zero-order valence-electron chi connectivity index (χ0n) is 9.08. The molecule has 0 bridgehead atoms. The molecule has 0 aliphatic carbocycles. The summed E-state index contributed by atoms with van der Waals surface area (Å²) in [5.41, 5.74) is 0.591. The first-order valence-electron chi connectivity index (χ1n) is 5.16. The van der Waals surface area contributed by atoms with Crippen molar-refractivity contribution in [1.29, 1.82) is 0 Å². The fraction of sp³-hybridized carbons (Fsp3) is 0.417. The Morgan fingerprint density at radius 1 is 1.38 bits per heavy atom. The maximum Gasteiger partial charge on any atom is 0.180 e. The molecule has 0 aromatic heterocycles. The summed E-state index contributed by atoms with van der Waals surface area (Å²) in [6.07, 6.45) is 0.481. The molecule has 0 spiro atoms. The molecule has 1 aromatic rings. The highest BCUT2D eigenvalue weighted by atomic mass is 35.5. The molecule has 0 aliphatic heterocycles. The molecule has 2 nitrogen and oxygen atoms in total. The predicted molar refractivity (Wildman–Crippen MR) is 66.9 cm³/mol. The second kappa shape index (κ2) is 6.77. The number of carbonyl (C=O) groups is 1. The average Bonchev–Trinajstić information content (AvgIpc) is 2.30. The number of hydrogen-bond acceptors (Lipinski definition) is 2. The molecule has 0 heterocycles. The molecule has 0 radical (unpaired) electrons. The van der Waals surface area contributed by atoms with E-state index in [0.29, 0.717) is 24.5 Å². The lowest BCUT2D eigenvalue weighted by atomic mass is 10.1. The average molecular weight is 261 g/mol. The van der Waals surface area contributed by atoms with Crippen LogP contribution in [0.3, 0.4) is 0 Å². The fourth-order valence-electron chi connectivity index (χ4n) is 1.29. The van der Waals surface area contributed by atoms with Crippen LogP contribution in [-0.4, -0.2) is 23.6 Å². The first kappa shape index (κ1) is 13.3. The van der Waals surface area contributed by atoms with Crippen molar-refractivity contribution in [2.24, 2.45) is 0 Å². The molecule has 0 amide bonds. The maximum atomic E-state index is 11.8. The van der Waals surface area contributed by atoms with Crippen molar-refractivity contribution in [2.75, 3.05) is 12.5 Å². The van der Waals surface area contributed by atoms with Gasteiger partial charge in [0.15, 0.2) is 5.78 Å². The van der Waals surface area contributed by atoms with E-state index in [1.54, 1.807) is 24.3 Å². The largest absolute Gasteiger partial charge is 0.494 e. The van der Waals surface area contributed by atoms with Gasteiger partial charge >= 0.3 is 0 Å². The fourth-order valence-corrected chi connectivity index (χ4v) is 1.85. The van der Waals surface area contributed by atoms with Gasteiger partial charge in [0.05, 0.1) is 12.0 Å². The molecule has 1 aromatic carbocycles. The monoisotopic (exact) mass is 260 g/mol. The van der Waals surface area contributed by atoms with Crippen molar-refractivity contribution in [2.45, 2.75) is 18.7 Å². The predicted octanol–water partition coefficient (Wildman–Crippen LogP) is 3.50. The van der Waals surface area contributed by atoms with Gasteiger partial charge in [-0.3, -0.25) is 4.79 Å². The molecule has 88 valence electrons. The number of hydrogen-bond donors (Lipinski definition) is 0. The van der Waals surface area contributed by atoms with Crippen molar-refractivity contribution in [3.05, 3.63) is 29.8 Å². The van der Waals surface area contributed by atoms with Gasteiger partial charge in [-0.25, -0.2) is 0 Å². The summed E-state index contributed by atoms with van der Waals surface area (Å²) in [7, 11) is 0. The third-order valence-electron chi connectivity index (χ3n) is 2.10. The smallest absolute Gasteiger partial charge is 0.180 e. The van der Waals surface area contributed by atoms with E-state index in [9.17, 15) is 4.79 Å². The summed E-state index contributed by atoms with van der Waals surface area (Å²) in [4.78, 5) is 11.8. The van der Waals surface area contributed by atoms with Crippen LogP contribution in [0.4, 0.5) is 0 Å². The van der Waals surface area contributed by atoms with E-state index in [4.69, 9.17) is 27.9 Å². The van der Waals surface area contributed by atoms with Crippen molar-refractivity contribution in [3.8, 4) is 5.75 Å². The van der Waals surface area contributed by atoms with Gasteiger partial charge in [0, 0.05) is 11.4 Å². The highest BCUT2D eigenvalue weighted by Gasteiger charge is 2.16. The normalized spacial score (nSPS) is 12.2. The van der Waals surface area contributed by atoms with Crippen LogP contribution in [0, 0.1) is 0 Å². The quantitative estimate of drug-likeness (QED) is 0.578. The molecule has 0 aliphatic rings. The van der Waals surface area contributed by atoms with Gasteiger partial charge in [-0.15, -0.1) is 23.2 Å². The van der Waals surface area contributed by atoms with E-state index in [-0.39, 0.29) is 5.78 Å². The highest BCUT2D eigenvalue weighted by Crippen LogP contribution is 2.16. The first-order chi connectivity index (χ1) is 7.69. The molecule has 1 unspecified atom stereocenters. The third kappa shape index (κ3) is 3.69. The second-order valence-electron chi connectivity index (χ2n) is 3.27. The summed E-state index contributed by atoms with van der Waals surface area (Å²) in [5.74, 6) is 1.05. The summed E-state index contributed by atoms with van der Waals surface area (Å²) in [5, 5.41) is -0.546. The number of halogens is 2. The molecule has 1 atom stereocenters. The number of ether oxygens (including phenoxy) is 1. The first-order valence-corrected chi connectivity index (χ1v) is 6.13. The number of ketones is 1. The lowest BCUT2D eigenvalue weighted by molar-refractivity contribution is 0.0986. The van der Waals surface area contributed by atoms with E-state index in [0.717, 1.165) is 5.75 Å². The van der Waals surface area contributed by atoms with E-state index in [2.05, 4.69) is 0 Å². The van der Waals surface area contributed by atoms with Gasteiger partial charge in [0.25, 0.3) is 0 Å². The Kier molecular flexibility index (Phi) is 5.64. The van der Waals surface area contributed by atoms with Gasteiger partial charge in [-0.1, -0.05) is 0 Å². The van der Waals surface area contributed by atoms with Gasteiger partial charge in [0.1, 0.15) is 5.75 Å². The number of alkyl halides is 2. The number of rotatable bonds is 6. The Hall–Kier alpha value is -0.730. The Balaban J connectivity index is 2.69. The van der Waals surface area contributed by atoms with Crippen molar-refractivity contribution < 1.29 is 9.53 Å². The van der Waals surface area contributed by atoms with E-state index in [1.807, 2.05) is 6.92 Å². The van der Waals surface area contributed by atoms with Gasteiger partial charge in [-0.05, 0) is 37.6 Å². The number of Topliss-reactive ketones (excluding diaryl/α,β-unsaturated/α-hetero) is 1. The summed E-state index contributed by atoms with van der Waals surface area (Å²) < 4.78 is 5.28. The molecule has 1 rings (SSSR count). The van der Waals surface area contributed by atoms with Crippen LogP contribution in [0.25, 0.3) is 0 Å². The Morgan fingerprint density at radius 3 is 2.50 bits per heavy atom. The second-order valence-corrected chi connectivity index (χ2v) is 4.17. The Morgan fingerprint density at radius 2 is 2.00 bits per heavy atom. The minimum absolute atomic E-state index is 0.0923. The highest BCUT2D eigenvalue weighted by molar-refractivity contribution is 6.34. The standard InChI is InChI=1S/C12H14Cl2O2/c1-2-16-10-5-3-9(4-6-10)12(15)11(14)7-8-13/h3-6,11H,2,7-8H2,1H3. The van der Waals surface area contributed by atoms with Crippen LogP contribution >= 0.6 is 23.2 Å². The number of benzene rings is 1. The lowest BCUT2D eigenvalue weighted by Crippen LogP contribution is -2.15. The molecule has 0 N–H and O–H groups in total. The van der Waals surface area contributed by atoms with Crippen molar-refractivity contribution in [1.82, 2.24) is 0 Å². The molecule has 0 saturated heterocycles. The molecule has 0 saturated carbocycles. The Bertz CT molecular complexity index is 335. The minimum Gasteiger partial charge on any atom is -0.494 e.